The molecule has 16 heavy (non-hydrogen) atoms. The molecule has 3 heteroatoms. The number of hydrogen-bond donors (Lipinski definition) is 0. The van der Waals surface area contributed by atoms with Crippen LogP contribution in [0, 0.1) is 5.41 Å². The van der Waals surface area contributed by atoms with Gasteiger partial charge in [-0.1, -0.05) is 19.3 Å². The molecule has 0 atom stereocenters. The molecule has 0 aromatic rings. The molecule has 1 N–H and O–H groups in total. The van der Waals surface area contributed by atoms with Crippen LogP contribution in [0.15, 0.2) is 0 Å². The van der Waals surface area contributed by atoms with Crippen molar-refractivity contribution < 1.29 is 4.79 Å². The van der Waals surface area contributed by atoms with Gasteiger partial charge < -0.3 is 4.90 Å². The van der Waals surface area contributed by atoms with Gasteiger partial charge in [0.15, 0.2) is 0 Å². The number of carbonyl (C=O) groups excluding carboxylic acids is 1. The monoisotopic (exact) mass is 223 g/mol. The summed E-state index contributed by atoms with van der Waals surface area (Å²) in [4.78, 5) is 14.5. The van der Waals surface area contributed by atoms with Crippen molar-refractivity contribution in [2.75, 3.05) is 19.6 Å². The Morgan fingerprint density at radius 2 is 1.56 bits per heavy atom. The fourth-order valence-electron chi connectivity index (χ4n) is 3.13. The van der Waals surface area contributed by atoms with Gasteiger partial charge in [-0.15, -0.1) is 0 Å². The molecule has 1 aliphatic carbocycles. The van der Waals surface area contributed by atoms with Crippen LogP contribution in [0.4, 0.5) is 0 Å². The van der Waals surface area contributed by atoms with Gasteiger partial charge in [0.25, 0.3) is 0 Å². The highest BCUT2D eigenvalue weighted by molar-refractivity contribution is 5.83. The fraction of sp³-hybridized carbons (Fsp3) is 0.923. The number of carbonyl (C=O) groups is 1. The average Bonchev–Trinajstić information content (AvgIpc) is 2.39. The van der Waals surface area contributed by atoms with Crippen LogP contribution in [-0.2, 0) is 4.79 Å². The SMILES string of the molecule is [NH]CC1(C(=O)N2CCCCC2)CCCCC1. The molecule has 1 heterocycles. The summed E-state index contributed by atoms with van der Waals surface area (Å²) in [5.74, 6) is 0.293. The van der Waals surface area contributed by atoms with Crippen LogP contribution in [0.5, 0.6) is 0 Å². The molecule has 91 valence electrons. The molecular formula is C13H23N2O. The zero-order chi connectivity index (χ0) is 11.4. The molecule has 2 aliphatic rings. The quantitative estimate of drug-likeness (QED) is 0.708. The van der Waals surface area contributed by atoms with Crippen LogP contribution in [-0.4, -0.2) is 30.4 Å². The van der Waals surface area contributed by atoms with Gasteiger partial charge in [0, 0.05) is 19.6 Å². The average molecular weight is 223 g/mol. The van der Waals surface area contributed by atoms with E-state index in [1.165, 1.54) is 12.8 Å². The Balaban J connectivity index is 2.04. The number of piperidine rings is 1. The Bertz CT molecular complexity index is 240. The number of nitrogens with one attached hydrogen (secondary N) is 1. The molecule has 1 saturated carbocycles. The van der Waals surface area contributed by atoms with Crippen LogP contribution in [0.25, 0.3) is 0 Å². The minimum atomic E-state index is -0.310. The Kier molecular flexibility index (Phi) is 3.85. The maximum absolute atomic E-state index is 12.5. The third-order valence-electron chi connectivity index (χ3n) is 4.25. The van der Waals surface area contributed by atoms with E-state index < -0.39 is 0 Å². The molecule has 0 aromatic carbocycles. The summed E-state index contributed by atoms with van der Waals surface area (Å²) >= 11 is 0. The number of rotatable bonds is 2. The molecule has 3 nitrogen and oxygen atoms in total. The highest BCUT2D eigenvalue weighted by Crippen LogP contribution is 2.37. The Morgan fingerprint density at radius 1 is 1.00 bits per heavy atom. The first-order valence-electron chi connectivity index (χ1n) is 6.72. The normalized spacial score (nSPS) is 25.4. The molecule has 0 unspecified atom stereocenters. The standard InChI is InChI=1S/C13H23N2O/c14-11-13(7-3-1-4-8-13)12(16)15-9-5-2-6-10-15/h14H,1-11H2. The Hall–Kier alpha value is -0.570. The number of hydrogen-bond acceptors (Lipinski definition) is 1. The van der Waals surface area contributed by atoms with Crippen molar-refractivity contribution in [1.82, 2.24) is 10.6 Å². The first kappa shape index (κ1) is 11.9. The van der Waals surface area contributed by atoms with Crippen LogP contribution >= 0.6 is 0 Å². The van der Waals surface area contributed by atoms with E-state index in [0.717, 1.165) is 51.6 Å². The summed E-state index contributed by atoms with van der Waals surface area (Å²) in [5, 5.41) is 0. The number of likely N-dealkylation sites (tertiary alicyclic amines) is 1. The molecule has 2 fully saturated rings. The third kappa shape index (κ3) is 2.24. The second-order valence-corrected chi connectivity index (χ2v) is 5.37. The van der Waals surface area contributed by atoms with Crippen molar-refractivity contribution in [2.45, 2.75) is 51.4 Å². The summed E-state index contributed by atoms with van der Waals surface area (Å²) in [6.45, 7) is 2.16. The molecule has 1 saturated heterocycles. The predicted molar refractivity (Wildman–Crippen MR) is 63.9 cm³/mol. The molecule has 0 aromatic heterocycles. The van der Waals surface area contributed by atoms with Crippen molar-refractivity contribution >= 4 is 5.91 Å². The Morgan fingerprint density at radius 3 is 2.12 bits per heavy atom. The molecule has 0 bridgehead atoms. The number of nitrogens with zero attached hydrogens (tertiary/aromatic N) is 1. The van der Waals surface area contributed by atoms with E-state index in [4.69, 9.17) is 5.73 Å². The van der Waals surface area contributed by atoms with Crippen LogP contribution in [0.1, 0.15) is 51.4 Å². The smallest absolute Gasteiger partial charge is 0.230 e. The van der Waals surface area contributed by atoms with Crippen molar-refractivity contribution in [2.24, 2.45) is 5.41 Å². The predicted octanol–water partition coefficient (Wildman–Crippen LogP) is 2.23. The van der Waals surface area contributed by atoms with Crippen molar-refractivity contribution in [3.05, 3.63) is 0 Å². The number of amides is 1. The summed E-state index contributed by atoms with van der Waals surface area (Å²) < 4.78 is 0. The molecule has 0 spiro atoms. The second kappa shape index (κ2) is 5.17. The lowest BCUT2D eigenvalue weighted by Crippen LogP contribution is -2.49. The fourth-order valence-corrected chi connectivity index (χ4v) is 3.13. The molecule has 2 rings (SSSR count). The zero-order valence-electron chi connectivity index (χ0n) is 10.1. The highest BCUT2D eigenvalue weighted by Gasteiger charge is 2.41. The van der Waals surface area contributed by atoms with E-state index in [1.54, 1.807) is 0 Å². The maximum Gasteiger partial charge on any atom is 0.230 e. The lowest BCUT2D eigenvalue weighted by atomic mass is 9.73. The minimum Gasteiger partial charge on any atom is -0.342 e. The Labute approximate surface area is 98.4 Å². The van der Waals surface area contributed by atoms with Crippen LogP contribution in [0.2, 0.25) is 0 Å². The van der Waals surface area contributed by atoms with Gasteiger partial charge in [0.05, 0.1) is 5.41 Å². The van der Waals surface area contributed by atoms with Gasteiger partial charge in [-0.25, -0.2) is 0 Å². The lowest BCUT2D eigenvalue weighted by molar-refractivity contribution is -0.144. The summed E-state index contributed by atoms with van der Waals surface area (Å²) in [7, 11) is 0. The van der Waals surface area contributed by atoms with Gasteiger partial charge in [0.2, 0.25) is 5.91 Å². The van der Waals surface area contributed by atoms with Gasteiger partial charge in [-0.3, -0.25) is 10.5 Å². The molecular weight excluding hydrogens is 200 g/mol. The second-order valence-electron chi connectivity index (χ2n) is 5.37. The van der Waals surface area contributed by atoms with Crippen molar-refractivity contribution in [3.63, 3.8) is 0 Å². The van der Waals surface area contributed by atoms with E-state index in [0.29, 0.717) is 12.5 Å². The van der Waals surface area contributed by atoms with E-state index >= 15 is 0 Å². The van der Waals surface area contributed by atoms with E-state index in [9.17, 15) is 4.79 Å². The highest BCUT2D eigenvalue weighted by atomic mass is 16.2. The van der Waals surface area contributed by atoms with Gasteiger partial charge in [-0.05, 0) is 32.1 Å². The zero-order valence-corrected chi connectivity index (χ0v) is 10.1. The molecule has 1 radical (unpaired) electrons. The third-order valence-corrected chi connectivity index (χ3v) is 4.25. The lowest BCUT2D eigenvalue weighted by Gasteiger charge is -2.40. The van der Waals surface area contributed by atoms with Gasteiger partial charge in [-0.2, -0.15) is 0 Å². The van der Waals surface area contributed by atoms with E-state index in [1.807, 2.05) is 4.90 Å². The van der Waals surface area contributed by atoms with Gasteiger partial charge >= 0.3 is 0 Å². The summed E-state index contributed by atoms with van der Waals surface area (Å²) in [5.41, 5.74) is 7.44. The summed E-state index contributed by atoms with van der Waals surface area (Å²) in [6, 6.07) is 0. The molecule has 1 amide bonds. The van der Waals surface area contributed by atoms with Crippen molar-refractivity contribution in [1.29, 1.82) is 0 Å². The van der Waals surface area contributed by atoms with E-state index in [-0.39, 0.29) is 5.41 Å². The summed E-state index contributed by atoms with van der Waals surface area (Å²) in [6.07, 6.45) is 8.99. The van der Waals surface area contributed by atoms with Crippen molar-refractivity contribution in [3.8, 4) is 0 Å². The van der Waals surface area contributed by atoms with E-state index in [2.05, 4.69) is 0 Å². The molecule has 1 aliphatic heterocycles. The largest absolute Gasteiger partial charge is 0.342 e. The topological polar surface area (TPSA) is 44.1 Å². The first-order chi connectivity index (χ1) is 7.78. The minimum absolute atomic E-state index is 0.293. The first-order valence-corrected chi connectivity index (χ1v) is 6.72. The van der Waals surface area contributed by atoms with Crippen LogP contribution in [0.3, 0.4) is 0 Å². The van der Waals surface area contributed by atoms with Crippen LogP contribution < -0.4 is 5.73 Å². The van der Waals surface area contributed by atoms with Gasteiger partial charge in [0.1, 0.15) is 0 Å². The maximum atomic E-state index is 12.5.